The van der Waals surface area contributed by atoms with Gasteiger partial charge in [0.05, 0.1) is 11.3 Å². The molecule has 0 aliphatic rings. The first kappa shape index (κ1) is 11.4. The Morgan fingerprint density at radius 1 is 1.53 bits per heavy atom. The Balaban J connectivity index is 3.54. The van der Waals surface area contributed by atoms with Crippen molar-refractivity contribution in [2.75, 3.05) is 0 Å². The number of aryl methyl sites for hydroxylation is 2. The van der Waals surface area contributed by atoms with E-state index in [1.54, 1.807) is 13.8 Å². The lowest BCUT2D eigenvalue weighted by atomic mass is 10.1. The van der Waals surface area contributed by atoms with Gasteiger partial charge >= 0.3 is 0 Å². The van der Waals surface area contributed by atoms with E-state index in [0.717, 1.165) is 5.41 Å². The Bertz CT molecular complexity index is 530. The summed E-state index contributed by atoms with van der Waals surface area (Å²) in [5.74, 6) is 0. The summed E-state index contributed by atoms with van der Waals surface area (Å²) < 4.78 is 22.9. The van der Waals surface area contributed by atoms with Crippen LogP contribution < -0.4 is 0 Å². The summed E-state index contributed by atoms with van der Waals surface area (Å²) in [4.78, 5) is 3.87. The molecular weight excluding hydrogens is 212 g/mol. The first-order valence-electron chi connectivity index (χ1n) is 4.18. The SMILES string of the molecule is C=CS(=O)(=O)c1cc(C)c(C#N)c(C)n1. The number of aromatic nitrogens is 1. The number of hydrogen-bond acceptors (Lipinski definition) is 4. The minimum Gasteiger partial charge on any atom is -0.240 e. The highest BCUT2D eigenvalue weighted by Crippen LogP contribution is 2.16. The molecule has 1 rings (SSSR count). The van der Waals surface area contributed by atoms with Gasteiger partial charge in [-0.15, -0.1) is 0 Å². The molecule has 0 aliphatic heterocycles. The van der Waals surface area contributed by atoms with Gasteiger partial charge in [0.25, 0.3) is 0 Å². The fourth-order valence-electron chi connectivity index (χ4n) is 1.20. The number of nitriles is 1. The molecule has 0 amide bonds. The summed E-state index contributed by atoms with van der Waals surface area (Å²) in [6.07, 6.45) is 0. The second-order valence-electron chi connectivity index (χ2n) is 3.06. The number of sulfone groups is 1. The van der Waals surface area contributed by atoms with Crippen molar-refractivity contribution in [3.63, 3.8) is 0 Å². The molecular formula is C10H10N2O2S. The van der Waals surface area contributed by atoms with E-state index in [9.17, 15) is 8.42 Å². The van der Waals surface area contributed by atoms with Gasteiger partial charge in [0.1, 0.15) is 6.07 Å². The molecule has 0 fully saturated rings. The smallest absolute Gasteiger partial charge is 0.216 e. The average Bonchev–Trinajstić information content (AvgIpc) is 2.17. The normalized spacial score (nSPS) is 10.7. The van der Waals surface area contributed by atoms with Gasteiger partial charge in [0, 0.05) is 5.41 Å². The molecule has 0 aliphatic carbocycles. The highest BCUT2D eigenvalue weighted by Gasteiger charge is 2.14. The van der Waals surface area contributed by atoms with Crippen LogP contribution in [0.25, 0.3) is 0 Å². The molecule has 0 radical (unpaired) electrons. The third kappa shape index (κ3) is 2.05. The van der Waals surface area contributed by atoms with Gasteiger partial charge in [-0.25, -0.2) is 13.4 Å². The fraction of sp³-hybridized carbons (Fsp3) is 0.200. The number of pyridine rings is 1. The second-order valence-corrected chi connectivity index (χ2v) is 4.90. The minimum absolute atomic E-state index is 0.0634. The van der Waals surface area contributed by atoms with Gasteiger partial charge in [-0.3, -0.25) is 0 Å². The van der Waals surface area contributed by atoms with E-state index in [1.807, 2.05) is 6.07 Å². The van der Waals surface area contributed by atoms with Crippen molar-refractivity contribution in [3.05, 3.63) is 34.9 Å². The highest BCUT2D eigenvalue weighted by atomic mass is 32.2. The van der Waals surface area contributed by atoms with Crippen LogP contribution in [0.1, 0.15) is 16.8 Å². The zero-order valence-electron chi connectivity index (χ0n) is 8.48. The van der Waals surface area contributed by atoms with Crippen molar-refractivity contribution in [3.8, 4) is 6.07 Å². The Kier molecular flexibility index (Phi) is 2.91. The molecule has 0 bridgehead atoms. The van der Waals surface area contributed by atoms with Gasteiger partial charge in [0.15, 0.2) is 5.03 Å². The van der Waals surface area contributed by atoms with Gasteiger partial charge in [0.2, 0.25) is 9.84 Å². The van der Waals surface area contributed by atoms with Crippen LogP contribution in [-0.4, -0.2) is 13.4 Å². The maximum atomic E-state index is 11.4. The number of hydrogen-bond donors (Lipinski definition) is 0. The van der Waals surface area contributed by atoms with E-state index < -0.39 is 9.84 Å². The van der Waals surface area contributed by atoms with E-state index in [4.69, 9.17) is 5.26 Å². The lowest BCUT2D eigenvalue weighted by Gasteiger charge is -2.04. The Labute approximate surface area is 88.8 Å². The van der Waals surface area contributed by atoms with Gasteiger partial charge in [-0.1, -0.05) is 6.58 Å². The molecule has 0 unspecified atom stereocenters. The number of nitrogens with zero attached hydrogens (tertiary/aromatic N) is 2. The summed E-state index contributed by atoms with van der Waals surface area (Å²) in [7, 11) is -3.52. The molecule has 0 N–H and O–H groups in total. The van der Waals surface area contributed by atoms with Crippen LogP contribution in [0.2, 0.25) is 0 Å². The molecule has 1 heterocycles. The van der Waals surface area contributed by atoms with Gasteiger partial charge < -0.3 is 0 Å². The molecule has 15 heavy (non-hydrogen) atoms. The first-order valence-corrected chi connectivity index (χ1v) is 5.73. The summed E-state index contributed by atoms with van der Waals surface area (Å²) in [5.41, 5.74) is 1.43. The van der Waals surface area contributed by atoms with Crippen molar-refractivity contribution < 1.29 is 8.42 Å². The van der Waals surface area contributed by atoms with Crippen LogP contribution in [0.4, 0.5) is 0 Å². The van der Waals surface area contributed by atoms with Gasteiger partial charge in [-0.05, 0) is 25.5 Å². The van der Waals surface area contributed by atoms with Crippen LogP contribution in [0.15, 0.2) is 23.1 Å². The molecule has 1 aromatic rings. The van der Waals surface area contributed by atoms with Crippen LogP contribution in [-0.2, 0) is 9.84 Å². The van der Waals surface area contributed by atoms with Crippen molar-refractivity contribution in [2.45, 2.75) is 18.9 Å². The molecule has 78 valence electrons. The predicted molar refractivity (Wildman–Crippen MR) is 55.8 cm³/mol. The zero-order chi connectivity index (χ0) is 11.6. The van der Waals surface area contributed by atoms with Crippen molar-refractivity contribution >= 4 is 9.84 Å². The van der Waals surface area contributed by atoms with Crippen molar-refractivity contribution in [1.82, 2.24) is 4.98 Å². The zero-order valence-corrected chi connectivity index (χ0v) is 9.30. The van der Waals surface area contributed by atoms with E-state index in [-0.39, 0.29) is 5.03 Å². The summed E-state index contributed by atoms with van der Waals surface area (Å²) in [5, 5.41) is 9.57. The average molecular weight is 222 g/mol. The van der Waals surface area contributed by atoms with E-state index >= 15 is 0 Å². The van der Waals surface area contributed by atoms with Crippen LogP contribution in [0, 0.1) is 25.2 Å². The summed E-state index contributed by atoms with van der Waals surface area (Å²) >= 11 is 0. The molecule has 0 atom stereocenters. The summed E-state index contributed by atoms with van der Waals surface area (Å²) in [6.45, 7) is 6.50. The first-order chi connectivity index (χ1) is 6.92. The van der Waals surface area contributed by atoms with E-state index in [2.05, 4.69) is 11.6 Å². The molecule has 5 heteroatoms. The highest BCUT2D eigenvalue weighted by molar-refractivity contribution is 7.94. The molecule has 0 aromatic carbocycles. The van der Waals surface area contributed by atoms with Crippen molar-refractivity contribution in [2.24, 2.45) is 0 Å². The maximum absolute atomic E-state index is 11.4. The quantitative estimate of drug-likeness (QED) is 0.760. The Hall–Kier alpha value is -1.67. The fourth-order valence-corrected chi connectivity index (χ4v) is 1.97. The molecule has 0 spiro atoms. The molecule has 4 nitrogen and oxygen atoms in total. The standard InChI is InChI=1S/C10H10N2O2S/c1-4-15(13,14)10-5-7(2)9(6-11)8(3)12-10/h4-5H,1H2,2-3H3. The topological polar surface area (TPSA) is 70.8 Å². The minimum atomic E-state index is -3.52. The molecule has 1 aromatic heterocycles. The molecule has 0 saturated carbocycles. The predicted octanol–water partition coefficient (Wildman–Crippen LogP) is 1.49. The van der Waals surface area contributed by atoms with E-state index in [0.29, 0.717) is 16.8 Å². The van der Waals surface area contributed by atoms with Crippen LogP contribution in [0.3, 0.4) is 0 Å². The largest absolute Gasteiger partial charge is 0.240 e. The maximum Gasteiger partial charge on any atom is 0.216 e. The lowest BCUT2D eigenvalue weighted by Crippen LogP contribution is -2.03. The number of rotatable bonds is 2. The lowest BCUT2D eigenvalue weighted by molar-refractivity contribution is 0.600. The Morgan fingerprint density at radius 2 is 2.13 bits per heavy atom. The Morgan fingerprint density at radius 3 is 2.53 bits per heavy atom. The van der Waals surface area contributed by atoms with Crippen LogP contribution >= 0.6 is 0 Å². The van der Waals surface area contributed by atoms with E-state index in [1.165, 1.54) is 6.07 Å². The van der Waals surface area contributed by atoms with Gasteiger partial charge in [-0.2, -0.15) is 5.26 Å². The third-order valence-corrected chi connectivity index (χ3v) is 3.23. The summed E-state index contributed by atoms with van der Waals surface area (Å²) in [6, 6.07) is 3.35. The van der Waals surface area contributed by atoms with Crippen LogP contribution in [0.5, 0.6) is 0 Å². The third-order valence-electron chi connectivity index (χ3n) is 2.00. The second kappa shape index (κ2) is 3.83. The molecule has 0 saturated heterocycles. The van der Waals surface area contributed by atoms with Crippen molar-refractivity contribution in [1.29, 1.82) is 5.26 Å². The monoisotopic (exact) mass is 222 g/mol.